The van der Waals surface area contributed by atoms with Gasteiger partial charge < -0.3 is 15.1 Å². The minimum Gasteiger partial charge on any atom is -0.439 e. The molecule has 1 aromatic heterocycles. The van der Waals surface area contributed by atoms with E-state index in [-0.39, 0.29) is 0 Å². The van der Waals surface area contributed by atoms with Gasteiger partial charge in [-0.2, -0.15) is 0 Å². The smallest absolute Gasteiger partial charge is 0.209 e. The van der Waals surface area contributed by atoms with Gasteiger partial charge in [0.2, 0.25) is 5.89 Å². The van der Waals surface area contributed by atoms with Crippen molar-refractivity contribution < 1.29 is 4.42 Å². The molecule has 0 unspecified atom stereocenters. The van der Waals surface area contributed by atoms with Crippen LogP contribution >= 0.6 is 0 Å². The zero-order chi connectivity index (χ0) is 14.8. The fourth-order valence-corrected chi connectivity index (χ4v) is 2.92. The van der Waals surface area contributed by atoms with Crippen LogP contribution in [0.2, 0.25) is 0 Å². The first-order valence-corrected chi connectivity index (χ1v) is 7.70. The number of nitrogen functional groups attached to an aromatic ring is 1. The van der Waals surface area contributed by atoms with Crippen molar-refractivity contribution in [2.75, 3.05) is 38.5 Å². The molecule has 1 aromatic carbocycles. The summed E-state index contributed by atoms with van der Waals surface area (Å²) in [4.78, 5) is 9.46. The topological polar surface area (TPSA) is 58.5 Å². The minimum absolute atomic E-state index is 0.684. The van der Waals surface area contributed by atoms with Crippen molar-refractivity contribution in [3.05, 3.63) is 24.1 Å². The molecule has 0 saturated carbocycles. The summed E-state index contributed by atoms with van der Waals surface area (Å²) < 4.78 is 5.80. The summed E-state index contributed by atoms with van der Waals surface area (Å²) in [6, 6.07) is 5.68. The number of piperazine rings is 1. The molecule has 0 spiro atoms. The summed E-state index contributed by atoms with van der Waals surface area (Å²) in [5, 5.41) is 0. The van der Waals surface area contributed by atoms with Crippen LogP contribution in [0, 0.1) is 5.92 Å². The monoisotopic (exact) mass is 288 g/mol. The van der Waals surface area contributed by atoms with E-state index in [1.165, 1.54) is 6.54 Å². The van der Waals surface area contributed by atoms with Crippen LogP contribution in [-0.2, 0) is 6.54 Å². The Kier molecular flexibility index (Phi) is 4.12. The minimum atomic E-state index is 0.684. The van der Waals surface area contributed by atoms with E-state index in [0.717, 1.165) is 55.6 Å². The summed E-state index contributed by atoms with van der Waals surface area (Å²) in [6.45, 7) is 10.9. The average molecular weight is 288 g/mol. The van der Waals surface area contributed by atoms with E-state index < -0.39 is 0 Å². The molecule has 0 radical (unpaired) electrons. The number of benzene rings is 1. The third-order valence-corrected chi connectivity index (χ3v) is 3.94. The van der Waals surface area contributed by atoms with Gasteiger partial charge in [0, 0.05) is 32.7 Å². The molecule has 114 valence electrons. The fraction of sp³-hybridized carbons (Fsp3) is 0.562. The maximum absolute atomic E-state index is 5.92. The molecule has 3 rings (SSSR count). The van der Waals surface area contributed by atoms with Gasteiger partial charge in [-0.3, -0.25) is 4.90 Å². The first kappa shape index (κ1) is 14.4. The lowest BCUT2D eigenvalue weighted by atomic mass is 10.2. The Morgan fingerprint density at radius 2 is 1.90 bits per heavy atom. The van der Waals surface area contributed by atoms with Crippen molar-refractivity contribution in [2.45, 2.75) is 20.4 Å². The Morgan fingerprint density at radius 1 is 1.19 bits per heavy atom. The molecule has 21 heavy (non-hydrogen) atoms. The van der Waals surface area contributed by atoms with Crippen LogP contribution in [0.3, 0.4) is 0 Å². The normalized spacial score (nSPS) is 17.9. The van der Waals surface area contributed by atoms with Gasteiger partial charge in [0.05, 0.1) is 12.2 Å². The highest BCUT2D eigenvalue weighted by molar-refractivity contribution is 5.85. The van der Waals surface area contributed by atoms with Gasteiger partial charge in [-0.1, -0.05) is 19.9 Å². The highest BCUT2D eigenvalue weighted by Crippen LogP contribution is 2.22. The van der Waals surface area contributed by atoms with Crippen molar-refractivity contribution in [3.63, 3.8) is 0 Å². The number of nitrogens with two attached hydrogens (primary N) is 1. The zero-order valence-corrected chi connectivity index (χ0v) is 12.9. The zero-order valence-electron chi connectivity index (χ0n) is 12.9. The number of oxazole rings is 1. The molecular formula is C16H24N4O. The van der Waals surface area contributed by atoms with E-state index in [9.17, 15) is 0 Å². The molecule has 2 aromatic rings. The molecule has 0 atom stereocenters. The Morgan fingerprint density at radius 3 is 2.57 bits per heavy atom. The number of rotatable bonds is 4. The van der Waals surface area contributed by atoms with E-state index in [4.69, 9.17) is 10.2 Å². The summed E-state index contributed by atoms with van der Waals surface area (Å²) in [5.74, 6) is 1.50. The lowest BCUT2D eigenvalue weighted by molar-refractivity contribution is 0.111. The second-order valence-electron chi connectivity index (χ2n) is 6.27. The number of para-hydroxylation sites is 1. The van der Waals surface area contributed by atoms with Gasteiger partial charge in [0.15, 0.2) is 5.58 Å². The summed E-state index contributed by atoms with van der Waals surface area (Å²) in [7, 11) is 0. The predicted octanol–water partition coefficient (Wildman–Crippen LogP) is 2.18. The van der Waals surface area contributed by atoms with Gasteiger partial charge in [-0.25, -0.2) is 4.98 Å². The summed E-state index contributed by atoms with van der Waals surface area (Å²) >= 11 is 0. The number of hydrogen-bond donors (Lipinski definition) is 1. The Labute approximate surface area is 125 Å². The standard InChI is InChI=1S/C16H24N4O/c1-12(2)10-19-6-8-20(9-7-19)11-15-18-16-13(17)4-3-5-14(16)21-15/h3-5,12H,6-11,17H2,1-2H3. The number of fused-ring (bicyclic) bond motifs is 1. The third-order valence-electron chi connectivity index (χ3n) is 3.94. The summed E-state index contributed by atoms with van der Waals surface area (Å²) in [6.07, 6.45) is 0. The van der Waals surface area contributed by atoms with Crippen LogP contribution in [0.15, 0.2) is 22.6 Å². The van der Waals surface area contributed by atoms with Gasteiger partial charge in [0.25, 0.3) is 0 Å². The van der Waals surface area contributed by atoms with Gasteiger partial charge in [-0.05, 0) is 18.1 Å². The number of nitrogens with zero attached hydrogens (tertiary/aromatic N) is 3. The number of anilines is 1. The van der Waals surface area contributed by atoms with Gasteiger partial charge >= 0.3 is 0 Å². The summed E-state index contributed by atoms with van der Waals surface area (Å²) in [5.41, 5.74) is 8.17. The Hall–Kier alpha value is -1.59. The van der Waals surface area contributed by atoms with Crippen molar-refractivity contribution in [2.24, 2.45) is 5.92 Å². The van der Waals surface area contributed by atoms with Gasteiger partial charge in [-0.15, -0.1) is 0 Å². The number of hydrogen-bond acceptors (Lipinski definition) is 5. The van der Waals surface area contributed by atoms with E-state index in [1.54, 1.807) is 0 Å². The molecule has 0 aliphatic carbocycles. The molecule has 1 aliphatic rings. The van der Waals surface area contributed by atoms with Crippen LogP contribution in [0.5, 0.6) is 0 Å². The van der Waals surface area contributed by atoms with E-state index in [2.05, 4.69) is 28.6 Å². The molecule has 1 saturated heterocycles. The van der Waals surface area contributed by atoms with Crippen molar-refractivity contribution >= 4 is 16.8 Å². The second-order valence-corrected chi connectivity index (χ2v) is 6.27. The first-order chi connectivity index (χ1) is 10.1. The predicted molar refractivity (Wildman–Crippen MR) is 85.0 cm³/mol. The highest BCUT2D eigenvalue weighted by atomic mass is 16.3. The molecule has 2 heterocycles. The van der Waals surface area contributed by atoms with E-state index in [1.807, 2.05) is 18.2 Å². The molecule has 1 aliphatic heterocycles. The van der Waals surface area contributed by atoms with E-state index in [0.29, 0.717) is 5.69 Å². The van der Waals surface area contributed by atoms with Crippen molar-refractivity contribution in [1.82, 2.24) is 14.8 Å². The number of aromatic nitrogens is 1. The molecule has 2 N–H and O–H groups in total. The first-order valence-electron chi connectivity index (χ1n) is 7.70. The third kappa shape index (κ3) is 3.36. The largest absolute Gasteiger partial charge is 0.439 e. The Balaban J connectivity index is 1.60. The van der Waals surface area contributed by atoms with Crippen molar-refractivity contribution in [3.8, 4) is 0 Å². The van der Waals surface area contributed by atoms with Gasteiger partial charge in [0.1, 0.15) is 5.52 Å². The molecule has 0 bridgehead atoms. The average Bonchev–Trinajstić information content (AvgIpc) is 2.84. The second kappa shape index (κ2) is 6.03. The molecule has 5 heteroatoms. The van der Waals surface area contributed by atoms with Crippen LogP contribution < -0.4 is 5.73 Å². The molecule has 0 amide bonds. The fourth-order valence-electron chi connectivity index (χ4n) is 2.92. The maximum Gasteiger partial charge on any atom is 0.209 e. The molecule has 5 nitrogen and oxygen atoms in total. The lowest BCUT2D eigenvalue weighted by Crippen LogP contribution is -2.46. The van der Waals surface area contributed by atoms with Crippen LogP contribution in [-0.4, -0.2) is 47.5 Å². The van der Waals surface area contributed by atoms with Crippen molar-refractivity contribution in [1.29, 1.82) is 0 Å². The maximum atomic E-state index is 5.92. The van der Waals surface area contributed by atoms with Crippen LogP contribution in [0.1, 0.15) is 19.7 Å². The SMILES string of the molecule is CC(C)CN1CCN(Cc2nc3c(N)cccc3o2)CC1. The Bertz CT molecular complexity index is 599. The highest BCUT2D eigenvalue weighted by Gasteiger charge is 2.19. The van der Waals surface area contributed by atoms with E-state index >= 15 is 0 Å². The molecular weight excluding hydrogens is 264 g/mol. The quantitative estimate of drug-likeness (QED) is 0.874. The molecule has 1 fully saturated rings. The van der Waals surface area contributed by atoms with Crippen LogP contribution in [0.25, 0.3) is 11.1 Å². The van der Waals surface area contributed by atoms with Crippen LogP contribution in [0.4, 0.5) is 5.69 Å². The lowest BCUT2D eigenvalue weighted by Gasteiger charge is -2.34.